The normalized spacial score (nSPS) is 10.2. The largest absolute Gasteiger partial charge is 0.496 e. The quantitative estimate of drug-likeness (QED) is 0.730. The van der Waals surface area contributed by atoms with E-state index in [1.165, 1.54) is 7.11 Å². The van der Waals surface area contributed by atoms with Crippen LogP contribution in [0.2, 0.25) is 0 Å². The van der Waals surface area contributed by atoms with Gasteiger partial charge in [0.25, 0.3) is 5.91 Å². The first kappa shape index (κ1) is 14.9. The van der Waals surface area contributed by atoms with E-state index < -0.39 is 0 Å². The van der Waals surface area contributed by atoms with E-state index in [0.29, 0.717) is 23.5 Å². The summed E-state index contributed by atoms with van der Waals surface area (Å²) in [5.41, 5.74) is 8.44. The number of amides is 1. The maximum atomic E-state index is 12.2. The van der Waals surface area contributed by atoms with Crippen molar-refractivity contribution in [1.82, 2.24) is 5.32 Å². The predicted octanol–water partition coefficient (Wildman–Crippen LogP) is 1.70. The molecule has 110 valence electrons. The number of methoxy groups -OCH3 is 1. The number of carbonyl (C=O) groups excluding carboxylic acids is 1. The zero-order chi connectivity index (χ0) is 15.2. The third-order valence-electron chi connectivity index (χ3n) is 3.13. The van der Waals surface area contributed by atoms with Crippen LogP contribution in [0.3, 0.4) is 0 Å². The number of benzene rings is 2. The average Bonchev–Trinajstić information content (AvgIpc) is 2.52. The van der Waals surface area contributed by atoms with Gasteiger partial charge in [-0.25, -0.2) is 0 Å². The molecule has 0 radical (unpaired) electrons. The lowest BCUT2D eigenvalue weighted by molar-refractivity contribution is 0.0948. The van der Waals surface area contributed by atoms with Gasteiger partial charge in [0, 0.05) is 18.3 Å². The predicted molar refractivity (Wildman–Crippen MR) is 80.9 cm³/mol. The molecule has 0 aliphatic carbocycles. The highest BCUT2D eigenvalue weighted by atomic mass is 16.5. The van der Waals surface area contributed by atoms with Crippen LogP contribution in [0.25, 0.3) is 0 Å². The molecule has 0 fully saturated rings. The van der Waals surface area contributed by atoms with E-state index in [-0.39, 0.29) is 12.5 Å². The minimum Gasteiger partial charge on any atom is -0.496 e. The molecule has 0 saturated heterocycles. The Labute approximate surface area is 123 Å². The van der Waals surface area contributed by atoms with Gasteiger partial charge >= 0.3 is 0 Å². The van der Waals surface area contributed by atoms with Crippen molar-refractivity contribution >= 4 is 11.6 Å². The molecule has 0 unspecified atom stereocenters. The van der Waals surface area contributed by atoms with Crippen molar-refractivity contribution in [3.05, 3.63) is 59.2 Å². The zero-order valence-electron chi connectivity index (χ0n) is 11.8. The van der Waals surface area contributed by atoms with Gasteiger partial charge in [0.15, 0.2) is 0 Å². The number of carbonyl (C=O) groups is 1. The summed E-state index contributed by atoms with van der Waals surface area (Å²) in [5.74, 6) is 0.223. The van der Waals surface area contributed by atoms with E-state index in [4.69, 9.17) is 15.6 Å². The van der Waals surface area contributed by atoms with Gasteiger partial charge in [-0.3, -0.25) is 4.79 Å². The maximum absolute atomic E-state index is 12.2. The molecular weight excluding hydrogens is 268 g/mol. The van der Waals surface area contributed by atoms with Crippen LogP contribution in [0, 0.1) is 0 Å². The van der Waals surface area contributed by atoms with Crippen molar-refractivity contribution in [3.63, 3.8) is 0 Å². The van der Waals surface area contributed by atoms with Gasteiger partial charge in [0.2, 0.25) is 0 Å². The SMILES string of the molecule is COc1cc(N)ccc1C(=O)NCc1ccc(CO)cc1. The molecule has 0 bridgehead atoms. The highest BCUT2D eigenvalue weighted by Crippen LogP contribution is 2.21. The summed E-state index contributed by atoms with van der Waals surface area (Å²) >= 11 is 0. The molecule has 4 N–H and O–H groups in total. The second-order valence-electron chi connectivity index (χ2n) is 4.62. The number of aliphatic hydroxyl groups is 1. The van der Waals surface area contributed by atoms with Gasteiger partial charge in [-0.1, -0.05) is 24.3 Å². The molecule has 0 saturated carbocycles. The van der Waals surface area contributed by atoms with Crippen LogP contribution in [0.5, 0.6) is 5.75 Å². The van der Waals surface area contributed by atoms with Crippen LogP contribution in [0.1, 0.15) is 21.5 Å². The number of nitrogens with one attached hydrogen (secondary N) is 1. The summed E-state index contributed by atoms with van der Waals surface area (Å²) < 4.78 is 5.16. The van der Waals surface area contributed by atoms with Gasteiger partial charge in [-0.15, -0.1) is 0 Å². The Morgan fingerprint density at radius 3 is 2.48 bits per heavy atom. The van der Waals surface area contributed by atoms with Gasteiger partial charge in [0.05, 0.1) is 19.3 Å². The van der Waals surface area contributed by atoms with Crippen LogP contribution < -0.4 is 15.8 Å². The Hall–Kier alpha value is -2.53. The molecule has 0 atom stereocenters. The second kappa shape index (κ2) is 6.76. The van der Waals surface area contributed by atoms with Crippen LogP contribution in [0.15, 0.2) is 42.5 Å². The lowest BCUT2D eigenvalue weighted by atomic mass is 10.1. The lowest BCUT2D eigenvalue weighted by Crippen LogP contribution is -2.23. The molecule has 0 aliphatic rings. The van der Waals surface area contributed by atoms with Gasteiger partial charge in [-0.05, 0) is 23.3 Å². The van der Waals surface area contributed by atoms with Crippen molar-refractivity contribution in [1.29, 1.82) is 0 Å². The molecule has 5 nitrogen and oxygen atoms in total. The molecule has 0 aliphatic heterocycles. The zero-order valence-corrected chi connectivity index (χ0v) is 11.8. The summed E-state index contributed by atoms with van der Waals surface area (Å²) in [6.45, 7) is 0.410. The van der Waals surface area contributed by atoms with Crippen molar-refractivity contribution in [3.8, 4) is 5.75 Å². The highest BCUT2D eigenvalue weighted by Gasteiger charge is 2.12. The number of aliphatic hydroxyl groups excluding tert-OH is 1. The van der Waals surface area contributed by atoms with Crippen LogP contribution in [-0.4, -0.2) is 18.1 Å². The van der Waals surface area contributed by atoms with Crippen molar-refractivity contribution in [2.45, 2.75) is 13.2 Å². The van der Waals surface area contributed by atoms with Crippen molar-refractivity contribution < 1.29 is 14.6 Å². The van der Waals surface area contributed by atoms with Crippen molar-refractivity contribution in [2.24, 2.45) is 0 Å². The first-order valence-electron chi connectivity index (χ1n) is 6.54. The standard InChI is InChI=1S/C16H18N2O3/c1-21-15-8-13(17)6-7-14(15)16(20)18-9-11-2-4-12(10-19)5-3-11/h2-8,19H,9-10,17H2,1H3,(H,18,20). The summed E-state index contributed by atoms with van der Waals surface area (Å²) in [7, 11) is 1.50. The fraction of sp³-hybridized carbons (Fsp3) is 0.188. The van der Waals surface area contributed by atoms with E-state index in [2.05, 4.69) is 5.32 Å². The van der Waals surface area contributed by atoms with E-state index >= 15 is 0 Å². The number of rotatable bonds is 5. The fourth-order valence-corrected chi connectivity index (χ4v) is 1.94. The molecule has 2 aromatic rings. The fourth-order valence-electron chi connectivity index (χ4n) is 1.94. The topological polar surface area (TPSA) is 84.6 Å². The number of nitrogen functional groups attached to an aromatic ring is 1. The third kappa shape index (κ3) is 3.73. The highest BCUT2D eigenvalue weighted by molar-refractivity contribution is 5.97. The molecule has 5 heteroatoms. The molecular formula is C16H18N2O3. The number of nitrogens with two attached hydrogens (primary N) is 1. The Bertz CT molecular complexity index is 624. The van der Waals surface area contributed by atoms with E-state index in [1.54, 1.807) is 18.2 Å². The number of anilines is 1. The van der Waals surface area contributed by atoms with Crippen LogP contribution >= 0.6 is 0 Å². The molecule has 1 amide bonds. The Morgan fingerprint density at radius 2 is 1.86 bits per heavy atom. The Kier molecular flexibility index (Phi) is 4.79. The van der Waals surface area contributed by atoms with E-state index in [1.807, 2.05) is 24.3 Å². The first-order valence-corrected chi connectivity index (χ1v) is 6.54. The van der Waals surface area contributed by atoms with Crippen molar-refractivity contribution in [2.75, 3.05) is 12.8 Å². The first-order chi connectivity index (χ1) is 10.1. The minimum atomic E-state index is -0.224. The summed E-state index contributed by atoms with van der Waals surface area (Å²) in [5, 5.41) is 11.8. The third-order valence-corrected chi connectivity index (χ3v) is 3.13. The van der Waals surface area contributed by atoms with Gasteiger partial charge in [-0.2, -0.15) is 0 Å². The summed E-state index contributed by atoms with van der Waals surface area (Å²) in [6, 6.07) is 12.3. The molecule has 2 rings (SSSR count). The number of hydrogen-bond donors (Lipinski definition) is 3. The van der Waals surface area contributed by atoms with Gasteiger partial charge in [0.1, 0.15) is 5.75 Å². The van der Waals surface area contributed by atoms with E-state index in [0.717, 1.165) is 11.1 Å². The maximum Gasteiger partial charge on any atom is 0.255 e. The van der Waals surface area contributed by atoms with E-state index in [9.17, 15) is 4.79 Å². The van der Waals surface area contributed by atoms with Crippen LogP contribution in [0.4, 0.5) is 5.69 Å². The van der Waals surface area contributed by atoms with Gasteiger partial charge < -0.3 is 20.9 Å². The molecule has 21 heavy (non-hydrogen) atoms. The summed E-state index contributed by atoms with van der Waals surface area (Å²) in [6.07, 6.45) is 0. The Balaban J connectivity index is 2.04. The molecule has 0 aromatic heterocycles. The average molecular weight is 286 g/mol. The monoisotopic (exact) mass is 286 g/mol. The molecule has 0 spiro atoms. The Morgan fingerprint density at radius 1 is 1.19 bits per heavy atom. The lowest BCUT2D eigenvalue weighted by Gasteiger charge is -2.10. The smallest absolute Gasteiger partial charge is 0.255 e. The summed E-state index contributed by atoms with van der Waals surface area (Å²) in [4.78, 5) is 12.2. The molecule has 2 aromatic carbocycles. The second-order valence-corrected chi connectivity index (χ2v) is 4.62. The number of hydrogen-bond acceptors (Lipinski definition) is 4. The minimum absolute atomic E-state index is 0.00920. The van der Waals surface area contributed by atoms with Crippen LogP contribution in [-0.2, 0) is 13.2 Å². The molecule has 0 heterocycles. The number of ether oxygens (including phenoxy) is 1.